The molecule has 17 heavy (non-hydrogen) atoms. The summed E-state index contributed by atoms with van der Waals surface area (Å²) < 4.78 is 31.7. The fourth-order valence-electron chi connectivity index (χ4n) is 1.22. The van der Waals surface area contributed by atoms with E-state index in [1.165, 1.54) is 6.92 Å². The maximum absolute atomic E-state index is 13.5. The highest BCUT2D eigenvalue weighted by atomic mass is 35.5. The lowest BCUT2D eigenvalue weighted by Gasteiger charge is -2.04. The van der Waals surface area contributed by atoms with Gasteiger partial charge in [-0.3, -0.25) is 0 Å². The van der Waals surface area contributed by atoms with Gasteiger partial charge in [-0.05, 0) is 18.6 Å². The van der Waals surface area contributed by atoms with Crippen LogP contribution >= 0.6 is 11.6 Å². The molecule has 90 valence electrons. The van der Waals surface area contributed by atoms with Crippen molar-refractivity contribution in [1.29, 1.82) is 0 Å². The van der Waals surface area contributed by atoms with Gasteiger partial charge in [-0.1, -0.05) is 5.10 Å². The van der Waals surface area contributed by atoms with E-state index in [1.807, 2.05) is 0 Å². The minimum atomic E-state index is -0.602. The summed E-state index contributed by atoms with van der Waals surface area (Å²) in [5, 5.41) is 9.63. The minimum absolute atomic E-state index is 0.0391. The minimum Gasteiger partial charge on any atom is -0.407 e. The molecule has 2 aromatic rings. The Balaban J connectivity index is 2.26. The fraction of sp³-hybridized carbons (Fsp3) is 0.200. The molecule has 0 atom stereocenters. The average Bonchev–Trinajstić information content (AvgIpc) is 2.73. The van der Waals surface area contributed by atoms with Crippen LogP contribution in [-0.4, -0.2) is 10.2 Å². The lowest BCUT2D eigenvalue weighted by Crippen LogP contribution is -1.96. The number of anilines is 2. The van der Waals surface area contributed by atoms with E-state index in [2.05, 4.69) is 15.5 Å². The molecule has 0 saturated carbocycles. The van der Waals surface area contributed by atoms with Crippen LogP contribution in [0.1, 0.15) is 11.5 Å². The number of rotatable bonds is 3. The molecule has 4 nitrogen and oxygen atoms in total. The molecule has 0 amide bonds. The Bertz CT molecular complexity index is 544. The highest BCUT2D eigenvalue weighted by Crippen LogP contribution is 2.22. The summed E-state index contributed by atoms with van der Waals surface area (Å²) >= 11 is 5.46. The molecular weight excluding hydrogens is 252 g/mol. The van der Waals surface area contributed by atoms with Crippen molar-refractivity contribution in [2.75, 3.05) is 5.32 Å². The van der Waals surface area contributed by atoms with Crippen molar-refractivity contribution in [3.8, 4) is 0 Å². The third kappa shape index (κ3) is 2.52. The lowest BCUT2D eigenvalue weighted by molar-refractivity contribution is 0.528. The quantitative estimate of drug-likeness (QED) is 0.861. The molecule has 1 heterocycles. The molecule has 0 bridgehead atoms. The molecule has 1 aromatic carbocycles. The van der Waals surface area contributed by atoms with Crippen molar-refractivity contribution in [3.05, 3.63) is 35.2 Å². The van der Waals surface area contributed by atoms with Gasteiger partial charge in [-0.15, -0.1) is 16.7 Å². The third-order valence-corrected chi connectivity index (χ3v) is 2.30. The second kappa shape index (κ2) is 4.67. The molecule has 7 heteroatoms. The van der Waals surface area contributed by atoms with Gasteiger partial charge >= 0.3 is 6.01 Å². The molecule has 0 spiro atoms. The van der Waals surface area contributed by atoms with E-state index in [0.29, 0.717) is 0 Å². The number of halogens is 3. The Morgan fingerprint density at radius 1 is 1.29 bits per heavy atom. The number of nitrogens with zero attached hydrogens (tertiary/aromatic N) is 2. The largest absolute Gasteiger partial charge is 0.407 e. The first-order chi connectivity index (χ1) is 8.10. The van der Waals surface area contributed by atoms with Crippen molar-refractivity contribution in [2.24, 2.45) is 0 Å². The first-order valence-corrected chi connectivity index (χ1v) is 5.24. The Morgan fingerprint density at radius 2 is 2.06 bits per heavy atom. The van der Waals surface area contributed by atoms with Crippen LogP contribution in [-0.2, 0) is 5.88 Å². The predicted molar refractivity (Wildman–Crippen MR) is 58.2 cm³/mol. The van der Waals surface area contributed by atoms with E-state index in [0.717, 1.165) is 12.1 Å². The van der Waals surface area contributed by atoms with E-state index in [1.54, 1.807) is 0 Å². The standard InChI is InChI=1S/C10H8ClF2N3O/c1-5-2-7(13)8(3-6(5)12)14-10-16-15-9(4-11)17-10/h2-3H,4H2,1H3,(H,14,16). The van der Waals surface area contributed by atoms with Gasteiger partial charge in [0.2, 0.25) is 5.89 Å². The normalized spacial score (nSPS) is 10.6. The van der Waals surface area contributed by atoms with Crippen LogP contribution in [0.4, 0.5) is 20.5 Å². The van der Waals surface area contributed by atoms with Gasteiger partial charge in [-0.2, -0.15) is 0 Å². The highest BCUT2D eigenvalue weighted by Gasteiger charge is 2.11. The summed E-state index contributed by atoms with van der Waals surface area (Å²) in [6, 6.07) is 2.06. The second-order valence-corrected chi connectivity index (χ2v) is 3.61. The smallest absolute Gasteiger partial charge is 0.320 e. The number of hydrogen-bond donors (Lipinski definition) is 1. The number of aryl methyl sites for hydroxylation is 1. The molecule has 1 N–H and O–H groups in total. The van der Waals surface area contributed by atoms with Crippen molar-refractivity contribution >= 4 is 23.3 Å². The van der Waals surface area contributed by atoms with Crippen molar-refractivity contribution in [2.45, 2.75) is 12.8 Å². The van der Waals surface area contributed by atoms with Crippen LogP contribution < -0.4 is 5.32 Å². The van der Waals surface area contributed by atoms with Crippen molar-refractivity contribution in [3.63, 3.8) is 0 Å². The van der Waals surface area contributed by atoms with Gasteiger partial charge in [0.15, 0.2) is 0 Å². The second-order valence-electron chi connectivity index (χ2n) is 3.34. The number of hydrogen-bond acceptors (Lipinski definition) is 4. The van der Waals surface area contributed by atoms with Gasteiger partial charge in [-0.25, -0.2) is 8.78 Å². The number of alkyl halides is 1. The zero-order valence-electron chi connectivity index (χ0n) is 8.80. The Kier molecular flexibility index (Phi) is 3.23. The molecular formula is C10H8ClF2N3O. The summed E-state index contributed by atoms with van der Waals surface area (Å²) in [7, 11) is 0. The van der Waals surface area contributed by atoms with Crippen LogP contribution in [0.2, 0.25) is 0 Å². The average molecular weight is 260 g/mol. The van der Waals surface area contributed by atoms with Gasteiger partial charge < -0.3 is 9.73 Å². The zero-order valence-corrected chi connectivity index (χ0v) is 9.55. The van der Waals surface area contributed by atoms with Crippen LogP contribution in [0.5, 0.6) is 0 Å². The summed E-state index contributed by atoms with van der Waals surface area (Å²) in [6.07, 6.45) is 0. The van der Waals surface area contributed by atoms with Crippen LogP contribution in [0, 0.1) is 18.6 Å². The zero-order chi connectivity index (χ0) is 12.4. The summed E-state index contributed by atoms with van der Waals surface area (Å²) in [5.41, 5.74) is 0.151. The van der Waals surface area contributed by atoms with E-state index in [-0.39, 0.29) is 29.0 Å². The van der Waals surface area contributed by atoms with Gasteiger partial charge in [0.1, 0.15) is 17.5 Å². The molecule has 0 aliphatic rings. The first-order valence-electron chi connectivity index (χ1n) is 4.71. The third-order valence-electron chi connectivity index (χ3n) is 2.07. The molecule has 2 rings (SSSR count). The highest BCUT2D eigenvalue weighted by molar-refractivity contribution is 6.16. The summed E-state index contributed by atoms with van der Waals surface area (Å²) in [4.78, 5) is 0. The molecule has 0 aliphatic heterocycles. The number of nitrogens with one attached hydrogen (secondary N) is 1. The number of benzene rings is 1. The van der Waals surface area contributed by atoms with Gasteiger partial charge in [0, 0.05) is 6.07 Å². The van der Waals surface area contributed by atoms with Crippen molar-refractivity contribution < 1.29 is 13.2 Å². The van der Waals surface area contributed by atoms with E-state index in [4.69, 9.17) is 16.0 Å². The van der Waals surface area contributed by atoms with Crippen LogP contribution in [0.15, 0.2) is 16.5 Å². The van der Waals surface area contributed by atoms with Crippen molar-refractivity contribution in [1.82, 2.24) is 10.2 Å². The molecule has 1 aromatic heterocycles. The lowest BCUT2D eigenvalue weighted by atomic mass is 10.2. The Labute approximate surface area is 101 Å². The topological polar surface area (TPSA) is 51.0 Å². The maximum Gasteiger partial charge on any atom is 0.320 e. The SMILES string of the molecule is Cc1cc(F)c(Nc2nnc(CCl)o2)cc1F. The molecule has 0 saturated heterocycles. The fourth-order valence-corrected chi connectivity index (χ4v) is 1.32. The van der Waals surface area contributed by atoms with Crippen LogP contribution in [0.25, 0.3) is 0 Å². The Morgan fingerprint density at radius 3 is 2.71 bits per heavy atom. The van der Waals surface area contributed by atoms with Crippen LogP contribution in [0.3, 0.4) is 0 Å². The van der Waals surface area contributed by atoms with Gasteiger partial charge in [0.05, 0.1) is 5.69 Å². The Hall–Kier alpha value is -1.69. The maximum atomic E-state index is 13.5. The van der Waals surface area contributed by atoms with E-state index < -0.39 is 11.6 Å². The predicted octanol–water partition coefficient (Wildman–Crippen LogP) is 3.14. The summed E-state index contributed by atoms with van der Waals surface area (Å²) in [5.74, 6) is -0.873. The van der Waals surface area contributed by atoms with Gasteiger partial charge in [0.25, 0.3) is 0 Å². The van der Waals surface area contributed by atoms with E-state index >= 15 is 0 Å². The molecule has 0 radical (unpaired) electrons. The first kappa shape index (κ1) is 11.8. The molecule has 0 unspecified atom stereocenters. The monoisotopic (exact) mass is 259 g/mol. The molecule has 0 aliphatic carbocycles. The number of aromatic nitrogens is 2. The van der Waals surface area contributed by atoms with E-state index in [9.17, 15) is 8.78 Å². The summed E-state index contributed by atoms with van der Waals surface area (Å²) in [6.45, 7) is 1.47. The molecule has 0 fully saturated rings.